The molecule has 0 spiro atoms. The van der Waals surface area contributed by atoms with Crippen molar-refractivity contribution in [1.82, 2.24) is 10.3 Å². The van der Waals surface area contributed by atoms with E-state index >= 15 is 0 Å². The van der Waals surface area contributed by atoms with Gasteiger partial charge in [-0.1, -0.05) is 42.1 Å². The van der Waals surface area contributed by atoms with Gasteiger partial charge >= 0.3 is 6.18 Å². The lowest BCUT2D eigenvalue weighted by atomic mass is 10.2. The zero-order chi connectivity index (χ0) is 25.6. The van der Waals surface area contributed by atoms with Gasteiger partial charge in [-0.25, -0.2) is 17.8 Å². The molecular formula is C23H19F4N3O3S2. The maximum atomic E-state index is 14.1. The first kappa shape index (κ1) is 26.2. The molecule has 0 bridgehead atoms. The van der Waals surface area contributed by atoms with Crippen LogP contribution in [-0.4, -0.2) is 25.6 Å². The molecule has 0 unspecified atom stereocenters. The Kier molecular flexibility index (Phi) is 8.18. The Morgan fingerprint density at radius 2 is 1.80 bits per heavy atom. The van der Waals surface area contributed by atoms with Crippen LogP contribution in [-0.2, 0) is 27.5 Å². The van der Waals surface area contributed by atoms with E-state index in [-0.39, 0.29) is 17.3 Å². The number of amides is 1. The molecule has 0 fully saturated rings. The molecule has 0 radical (unpaired) electrons. The first-order valence-electron chi connectivity index (χ1n) is 9.94. The number of alkyl halides is 3. The van der Waals surface area contributed by atoms with Gasteiger partial charge in [0.2, 0.25) is 15.9 Å². The molecule has 0 saturated heterocycles. The number of hydrogen-bond acceptors (Lipinski definition) is 5. The van der Waals surface area contributed by atoms with Crippen LogP contribution in [0.3, 0.4) is 0 Å². The van der Waals surface area contributed by atoms with E-state index < -0.39 is 33.6 Å². The van der Waals surface area contributed by atoms with E-state index in [9.17, 15) is 30.8 Å². The number of nitrogens with zero attached hydrogens (tertiary/aromatic N) is 1. The van der Waals surface area contributed by atoms with Gasteiger partial charge in [0.15, 0.2) is 0 Å². The predicted molar refractivity (Wildman–Crippen MR) is 126 cm³/mol. The van der Waals surface area contributed by atoms with Crippen molar-refractivity contribution in [2.75, 3.05) is 11.0 Å². The van der Waals surface area contributed by atoms with Crippen LogP contribution >= 0.6 is 11.8 Å². The molecule has 12 heteroatoms. The quantitative estimate of drug-likeness (QED) is 0.316. The second kappa shape index (κ2) is 10.9. The van der Waals surface area contributed by atoms with Gasteiger partial charge in [-0.3, -0.25) is 9.52 Å². The Hall–Kier alpha value is -3.38. The molecule has 1 aromatic heterocycles. The number of hydrogen-bond donors (Lipinski definition) is 2. The Morgan fingerprint density at radius 1 is 1.09 bits per heavy atom. The van der Waals surface area contributed by atoms with Gasteiger partial charge in [0, 0.05) is 23.1 Å². The summed E-state index contributed by atoms with van der Waals surface area (Å²) in [6.45, 7) is -0.0594. The van der Waals surface area contributed by atoms with Crippen molar-refractivity contribution in [1.29, 1.82) is 0 Å². The van der Waals surface area contributed by atoms with E-state index in [4.69, 9.17) is 0 Å². The van der Waals surface area contributed by atoms with Crippen molar-refractivity contribution in [3.05, 3.63) is 89.4 Å². The van der Waals surface area contributed by atoms with Crippen LogP contribution in [0.4, 0.5) is 23.2 Å². The fraction of sp³-hybridized carbons (Fsp3) is 0.130. The molecule has 0 atom stereocenters. The topological polar surface area (TPSA) is 88.2 Å². The first-order chi connectivity index (χ1) is 16.4. The van der Waals surface area contributed by atoms with Crippen molar-refractivity contribution >= 4 is 39.5 Å². The highest BCUT2D eigenvalue weighted by Crippen LogP contribution is 2.34. The lowest BCUT2D eigenvalue weighted by Crippen LogP contribution is -2.20. The van der Waals surface area contributed by atoms with Crippen LogP contribution in [0.5, 0.6) is 0 Å². The summed E-state index contributed by atoms with van der Waals surface area (Å²) < 4.78 is 78.0. The van der Waals surface area contributed by atoms with Gasteiger partial charge < -0.3 is 5.32 Å². The highest BCUT2D eigenvalue weighted by molar-refractivity contribution is 7.99. The van der Waals surface area contributed by atoms with Gasteiger partial charge in [-0.05, 0) is 42.0 Å². The molecule has 2 aromatic carbocycles. The number of anilines is 1. The Bertz CT molecular complexity index is 1350. The van der Waals surface area contributed by atoms with Crippen molar-refractivity contribution in [2.45, 2.75) is 22.6 Å². The second-order valence-corrected chi connectivity index (χ2v) is 10.1. The highest BCUT2D eigenvalue weighted by atomic mass is 32.2. The average Bonchev–Trinajstić information content (AvgIpc) is 2.77. The number of benzene rings is 2. The van der Waals surface area contributed by atoms with Gasteiger partial charge in [-0.2, -0.15) is 13.2 Å². The molecule has 184 valence electrons. The molecular weight excluding hydrogens is 506 g/mol. The summed E-state index contributed by atoms with van der Waals surface area (Å²) in [6, 6.07) is 14.5. The standard InChI is InChI=1S/C23H19F4N3O3S2/c1-35(32,33)30-19-10-7-15(13-18(19)24)14-28-21(31)12-9-16-8-11-20(23(25,26)27)29-22(16)34-17-5-3-2-4-6-17/h2-13,30H,14H2,1H3,(H,28,31)/b12-9+. The summed E-state index contributed by atoms with van der Waals surface area (Å²) >= 11 is 1.03. The number of aromatic nitrogens is 1. The lowest BCUT2D eigenvalue weighted by molar-refractivity contribution is -0.141. The molecule has 3 aromatic rings. The van der Waals surface area contributed by atoms with Crippen LogP contribution in [0.1, 0.15) is 16.8 Å². The smallest absolute Gasteiger partial charge is 0.348 e. The number of halogens is 4. The molecule has 2 N–H and O–H groups in total. The fourth-order valence-corrected chi connectivity index (χ4v) is 4.26. The Labute approximate surface area is 203 Å². The molecule has 35 heavy (non-hydrogen) atoms. The summed E-state index contributed by atoms with van der Waals surface area (Å²) in [7, 11) is -3.64. The molecule has 1 heterocycles. The van der Waals surface area contributed by atoms with Gasteiger partial charge in [0.05, 0.1) is 11.9 Å². The third-order valence-electron chi connectivity index (χ3n) is 4.35. The number of carbonyl (C=O) groups excluding carboxylic acids is 1. The van der Waals surface area contributed by atoms with Crippen LogP contribution in [0.25, 0.3) is 6.08 Å². The van der Waals surface area contributed by atoms with E-state index in [1.807, 2.05) is 4.72 Å². The van der Waals surface area contributed by atoms with E-state index in [2.05, 4.69) is 10.3 Å². The summed E-state index contributed by atoms with van der Waals surface area (Å²) in [5.74, 6) is -1.38. The number of nitrogens with one attached hydrogen (secondary N) is 2. The summed E-state index contributed by atoms with van der Waals surface area (Å²) in [4.78, 5) is 16.6. The maximum absolute atomic E-state index is 14.1. The minimum atomic E-state index is -4.62. The van der Waals surface area contributed by atoms with Crippen molar-refractivity contribution in [3.63, 3.8) is 0 Å². The van der Waals surface area contributed by atoms with Crippen LogP contribution in [0, 0.1) is 5.82 Å². The monoisotopic (exact) mass is 525 g/mol. The van der Waals surface area contributed by atoms with Gasteiger partial charge in [0.25, 0.3) is 0 Å². The fourth-order valence-electron chi connectivity index (χ4n) is 2.78. The lowest BCUT2D eigenvalue weighted by Gasteiger charge is -2.10. The summed E-state index contributed by atoms with van der Waals surface area (Å²) in [5.41, 5.74) is -0.585. The number of rotatable bonds is 8. The normalized spacial score (nSPS) is 12.0. The molecule has 3 rings (SSSR count). The minimum Gasteiger partial charge on any atom is -0.348 e. The van der Waals surface area contributed by atoms with Crippen molar-refractivity contribution in [2.24, 2.45) is 0 Å². The molecule has 0 saturated carbocycles. The molecule has 0 aliphatic heterocycles. The largest absolute Gasteiger partial charge is 0.433 e. The third kappa shape index (κ3) is 8.11. The van der Waals surface area contributed by atoms with Crippen molar-refractivity contribution < 1.29 is 30.8 Å². The zero-order valence-corrected chi connectivity index (χ0v) is 19.8. The Morgan fingerprint density at radius 3 is 2.43 bits per heavy atom. The van der Waals surface area contributed by atoms with Gasteiger partial charge in [-0.15, -0.1) is 0 Å². The molecule has 6 nitrogen and oxygen atoms in total. The first-order valence-corrected chi connectivity index (χ1v) is 12.6. The predicted octanol–water partition coefficient (Wildman–Crippen LogP) is 5.09. The van der Waals surface area contributed by atoms with Crippen molar-refractivity contribution in [3.8, 4) is 0 Å². The van der Waals surface area contributed by atoms with E-state index in [1.165, 1.54) is 24.3 Å². The summed E-state index contributed by atoms with van der Waals surface area (Å²) in [5, 5.41) is 2.61. The summed E-state index contributed by atoms with van der Waals surface area (Å²) in [6.07, 6.45) is -1.25. The van der Waals surface area contributed by atoms with E-state index in [0.29, 0.717) is 16.0 Å². The number of sulfonamides is 1. The maximum Gasteiger partial charge on any atom is 0.433 e. The number of pyridine rings is 1. The minimum absolute atomic E-state index is 0.0594. The average molecular weight is 526 g/mol. The zero-order valence-electron chi connectivity index (χ0n) is 18.1. The molecule has 1 amide bonds. The van der Waals surface area contributed by atoms with E-state index in [1.54, 1.807) is 30.3 Å². The van der Waals surface area contributed by atoms with E-state index in [0.717, 1.165) is 36.2 Å². The molecule has 0 aliphatic rings. The second-order valence-electron chi connectivity index (χ2n) is 7.24. The van der Waals surface area contributed by atoms with Crippen LogP contribution < -0.4 is 10.0 Å². The van der Waals surface area contributed by atoms with Crippen LogP contribution in [0.15, 0.2) is 76.7 Å². The van der Waals surface area contributed by atoms with Crippen LogP contribution in [0.2, 0.25) is 0 Å². The highest BCUT2D eigenvalue weighted by Gasteiger charge is 2.33. The SMILES string of the molecule is CS(=O)(=O)Nc1ccc(CNC(=O)/C=C/c2ccc(C(F)(F)F)nc2Sc2ccccc2)cc1F. The Balaban J connectivity index is 1.71. The number of carbonyl (C=O) groups is 1. The van der Waals surface area contributed by atoms with Gasteiger partial charge in [0.1, 0.15) is 16.5 Å². The molecule has 0 aliphatic carbocycles. The third-order valence-corrected chi connectivity index (χ3v) is 5.97.